The number of fused-ring (bicyclic) bond motifs is 1. The molecule has 1 aliphatic rings. The highest BCUT2D eigenvalue weighted by Crippen LogP contribution is 2.13. The Morgan fingerprint density at radius 1 is 1.56 bits per heavy atom. The molecule has 2 heterocycles. The Morgan fingerprint density at radius 2 is 2.44 bits per heavy atom. The number of hydrogen-bond acceptors (Lipinski definition) is 4. The van der Waals surface area contributed by atoms with Crippen LogP contribution in [0, 0.1) is 0 Å². The predicted molar refractivity (Wildman–Crippen MR) is 62.2 cm³/mol. The molecule has 5 nitrogen and oxygen atoms in total. The molecule has 0 bridgehead atoms. The Kier molecular flexibility index (Phi) is 3.93. The molecule has 0 amide bonds. The van der Waals surface area contributed by atoms with Crippen LogP contribution in [0.1, 0.15) is 5.82 Å². The number of nitrogens with one attached hydrogen (secondary N) is 1. The van der Waals surface area contributed by atoms with Crippen LogP contribution < -0.4 is 5.32 Å². The second-order valence-electron chi connectivity index (χ2n) is 4.17. The average molecular weight is 224 g/mol. The van der Waals surface area contributed by atoms with Crippen molar-refractivity contribution in [2.45, 2.75) is 19.1 Å². The summed E-state index contributed by atoms with van der Waals surface area (Å²) < 4.78 is 7.49. The standard InChI is InChI=1S/C11H20N4O/c1-12-7-10(9-16-2)15-6-5-14-4-3-13-11(14)8-15/h3-4,10,12H,5-9H2,1-2H3. The molecule has 0 fully saturated rings. The van der Waals surface area contributed by atoms with Crippen molar-refractivity contribution in [1.29, 1.82) is 0 Å². The molecule has 0 saturated heterocycles. The minimum Gasteiger partial charge on any atom is -0.383 e. The molecule has 2 rings (SSSR count). The largest absolute Gasteiger partial charge is 0.383 e. The molecule has 0 radical (unpaired) electrons. The minimum absolute atomic E-state index is 0.431. The van der Waals surface area contributed by atoms with Crippen LogP contribution in [-0.4, -0.2) is 54.3 Å². The van der Waals surface area contributed by atoms with Crippen molar-refractivity contribution in [2.75, 3.05) is 33.9 Å². The highest BCUT2D eigenvalue weighted by molar-refractivity contribution is 4.96. The lowest BCUT2D eigenvalue weighted by Crippen LogP contribution is -2.47. The number of imidazole rings is 1. The molecular formula is C11H20N4O. The molecular weight excluding hydrogens is 204 g/mol. The lowest BCUT2D eigenvalue weighted by molar-refractivity contribution is 0.0716. The van der Waals surface area contributed by atoms with E-state index in [1.54, 1.807) is 7.11 Å². The fourth-order valence-corrected chi connectivity index (χ4v) is 2.23. The Balaban J connectivity index is 2.00. The Morgan fingerprint density at radius 3 is 3.19 bits per heavy atom. The molecule has 0 aromatic carbocycles. The lowest BCUT2D eigenvalue weighted by atomic mass is 10.2. The smallest absolute Gasteiger partial charge is 0.122 e. The third kappa shape index (κ3) is 2.42. The van der Waals surface area contributed by atoms with Crippen LogP contribution in [0.4, 0.5) is 0 Å². The molecule has 1 atom stereocenters. The van der Waals surface area contributed by atoms with Crippen LogP contribution in [0.15, 0.2) is 12.4 Å². The van der Waals surface area contributed by atoms with E-state index in [0.29, 0.717) is 6.04 Å². The van der Waals surface area contributed by atoms with E-state index in [-0.39, 0.29) is 0 Å². The zero-order valence-electron chi connectivity index (χ0n) is 10.0. The van der Waals surface area contributed by atoms with Crippen LogP contribution in [0.5, 0.6) is 0 Å². The van der Waals surface area contributed by atoms with Gasteiger partial charge in [0.25, 0.3) is 0 Å². The van der Waals surface area contributed by atoms with Gasteiger partial charge in [0.1, 0.15) is 5.82 Å². The van der Waals surface area contributed by atoms with Gasteiger partial charge in [0.2, 0.25) is 0 Å². The first-order chi connectivity index (χ1) is 7.85. The van der Waals surface area contributed by atoms with Gasteiger partial charge in [-0.25, -0.2) is 4.98 Å². The quantitative estimate of drug-likeness (QED) is 0.760. The molecule has 90 valence electrons. The number of methoxy groups -OCH3 is 1. The maximum Gasteiger partial charge on any atom is 0.122 e. The van der Waals surface area contributed by atoms with E-state index >= 15 is 0 Å². The topological polar surface area (TPSA) is 42.3 Å². The van der Waals surface area contributed by atoms with Gasteiger partial charge in [-0.1, -0.05) is 0 Å². The van der Waals surface area contributed by atoms with Crippen molar-refractivity contribution in [3.8, 4) is 0 Å². The third-order valence-electron chi connectivity index (χ3n) is 3.09. The first-order valence-corrected chi connectivity index (χ1v) is 5.72. The van der Waals surface area contributed by atoms with Crippen LogP contribution in [0.25, 0.3) is 0 Å². The fraction of sp³-hybridized carbons (Fsp3) is 0.727. The summed E-state index contributed by atoms with van der Waals surface area (Å²) in [6.45, 7) is 4.73. The van der Waals surface area contributed by atoms with Crippen molar-refractivity contribution in [2.24, 2.45) is 0 Å². The maximum absolute atomic E-state index is 5.27. The number of rotatable bonds is 5. The molecule has 1 unspecified atom stereocenters. The zero-order valence-corrected chi connectivity index (χ0v) is 10.0. The summed E-state index contributed by atoms with van der Waals surface area (Å²) in [5, 5.41) is 3.22. The van der Waals surface area contributed by atoms with Crippen LogP contribution in [0.2, 0.25) is 0 Å². The van der Waals surface area contributed by atoms with Gasteiger partial charge in [0.15, 0.2) is 0 Å². The second-order valence-corrected chi connectivity index (χ2v) is 4.17. The molecule has 1 aromatic rings. The van der Waals surface area contributed by atoms with Gasteiger partial charge in [-0.15, -0.1) is 0 Å². The van der Waals surface area contributed by atoms with Gasteiger partial charge in [-0.05, 0) is 7.05 Å². The second kappa shape index (κ2) is 5.43. The predicted octanol–water partition coefficient (Wildman–Crippen LogP) is -0.0669. The van der Waals surface area contributed by atoms with E-state index in [4.69, 9.17) is 4.74 Å². The van der Waals surface area contributed by atoms with Crippen molar-refractivity contribution in [1.82, 2.24) is 19.8 Å². The van der Waals surface area contributed by atoms with Crippen molar-refractivity contribution < 1.29 is 4.74 Å². The number of aromatic nitrogens is 2. The Labute approximate surface area is 96.4 Å². The SMILES string of the molecule is CNCC(COC)N1CCn2ccnc2C1. The van der Waals surface area contributed by atoms with Gasteiger partial charge in [-0.2, -0.15) is 0 Å². The summed E-state index contributed by atoms with van der Waals surface area (Å²) in [5.41, 5.74) is 0. The lowest BCUT2D eigenvalue weighted by Gasteiger charge is -2.34. The van der Waals surface area contributed by atoms with Gasteiger partial charge in [-0.3, -0.25) is 4.90 Å². The number of nitrogens with zero attached hydrogens (tertiary/aromatic N) is 3. The summed E-state index contributed by atoms with van der Waals surface area (Å²) in [6, 6.07) is 0.431. The normalized spacial score (nSPS) is 18.4. The van der Waals surface area contributed by atoms with E-state index in [1.165, 1.54) is 0 Å². The van der Waals surface area contributed by atoms with Crippen LogP contribution in [0.3, 0.4) is 0 Å². The molecule has 1 aliphatic heterocycles. The highest BCUT2D eigenvalue weighted by atomic mass is 16.5. The summed E-state index contributed by atoms with van der Waals surface area (Å²) in [5.74, 6) is 1.16. The van der Waals surface area contributed by atoms with Crippen LogP contribution in [-0.2, 0) is 17.8 Å². The van der Waals surface area contributed by atoms with E-state index in [9.17, 15) is 0 Å². The summed E-state index contributed by atoms with van der Waals surface area (Å²) >= 11 is 0. The fourth-order valence-electron chi connectivity index (χ4n) is 2.23. The number of likely N-dealkylation sites (N-methyl/N-ethyl adjacent to an activating group) is 1. The zero-order chi connectivity index (χ0) is 11.4. The van der Waals surface area contributed by atoms with Gasteiger partial charge >= 0.3 is 0 Å². The Bertz CT molecular complexity index is 320. The first-order valence-electron chi connectivity index (χ1n) is 5.72. The molecule has 0 spiro atoms. The van der Waals surface area contributed by atoms with E-state index < -0.39 is 0 Å². The monoisotopic (exact) mass is 224 g/mol. The Hall–Kier alpha value is -0.910. The van der Waals surface area contributed by atoms with E-state index in [0.717, 1.165) is 38.6 Å². The molecule has 0 saturated carbocycles. The van der Waals surface area contributed by atoms with E-state index in [1.807, 2.05) is 13.2 Å². The molecule has 0 aliphatic carbocycles. The third-order valence-corrected chi connectivity index (χ3v) is 3.09. The van der Waals surface area contributed by atoms with E-state index in [2.05, 4.69) is 26.0 Å². The van der Waals surface area contributed by atoms with Crippen LogP contribution >= 0.6 is 0 Å². The van der Waals surface area contributed by atoms with Gasteiger partial charge in [0.05, 0.1) is 13.2 Å². The molecule has 1 aromatic heterocycles. The van der Waals surface area contributed by atoms with Crippen molar-refractivity contribution in [3.63, 3.8) is 0 Å². The summed E-state index contributed by atoms with van der Waals surface area (Å²) in [6.07, 6.45) is 3.93. The van der Waals surface area contributed by atoms with Crippen molar-refractivity contribution >= 4 is 0 Å². The first kappa shape index (κ1) is 11.6. The van der Waals surface area contributed by atoms with Gasteiger partial charge < -0.3 is 14.6 Å². The molecule has 1 N–H and O–H groups in total. The van der Waals surface area contributed by atoms with Gasteiger partial charge in [0, 0.05) is 45.2 Å². The minimum atomic E-state index is 0.431. The molecule has 5 heteroatoms. The number of ether oxygens (including phenoxy) is 1. The average Bonchev–Trinajstić information content (AvgIpc) is 2.75. The number of hydrogen-bond donors (Lipinski definition) is 1. The highest BCUT2D eigenvalue weighted by Gasteiger charge is 2.23. The maximum atomic E-state index is 5.27. The summed E-state index contributed by atoms with van der Waals surface area (Å²) in [4.78, 5) is 6.80. The summed E-state index contributed by atoms with van der Waals surface area (Å²) in [7, 11) is 3.74. The molecule has 16 heavy (non-hydrogen) atoms. The van der Waals surface area contributed by atoms with Crippen molar-refractivity contribution in [3.05, 3.63) is 18.2 Å².